The molecule has 2 aromatic rings. The lowest BCUT2D eigenvalue weighted by atomic mass is 9.72. The normalized spacial score (nSPS) is 29.2. The lowest BCUT2D eigenvalue weighted by Gasteiger charge is -2.41. The summed E-state index contributed by atoms with van der Waals surface area (Å²) >= 11 is 0. The average Bonchev–Trinajstić information content (AvgIpc) is 2.96. The highest BCUT2D eigenvalue weighted by Crippen LogP contribution is 2.61. The molecule has 154 valence electrons. The first-order valence-corrected chi connectivity index (χ1v) is 10.3. The molecule has 30 heavy (non-hydrogen) atoms. The number of ketones is 2. The molecular weight excluding hydrogens is 378 g/mol. The van der Waals surface area contributed by atoms with Gasteiger partial charge in [-0.3, -0.25) is 9.59 Å². The summed E-state index contributed by atoms with van der Waals surface area (Å²) in [6.45, 7) is 7.90. The average molecular weight is 403 g/mol. The first kappa shape index (κ1) is 19.2. The van der Waals surface area contributed by atoms with Crippen molar-refractivity contribution in [3.8, 4) is 0 Å². The number of anilines is 1. The number of fused-ring (bicyclic) bond motifs is 4. The van der Waals surface area contributed by atoms with Crippen molar-refractivity contribution >= 4 is 17.3 Å². The molecule has 0 fully saturated rings. The number of allylic oxidation sites excluding steroid dienone is 1. The molecule has 0 radical (unpaired) electrons. The molecule has 0 saturated carbocycles. The van der Waals surface area contributed by atoms with Crippen LogP contribution in [0.4, 0.5) is 5.69 Å². The Balaban J connectivity index is 1.88. The van der Waals surface area contributed by atoms with Gasteiger partial charge in [0.15, 0.2) is 5.78 Å². The monoisotopic (exact) mass is 403 g/mol. The predicted molar refractivity (Wildman–Crippen MR) is 113 cm³/mol. The van der Waals surface area contributed by atoms with E-state index >= 15 is 0 Å². The summed E-state index contributed by atoms with van der Waals surface area (Å²) in [5, 5.41) is 24.1. The second kappa shape index (κ2) is 5.68. The van der Waals surface area contributed by atoms with Gasteiger partial charge in [-0.25, -0.2) is 0 Å². The zero-order valence-electron chi connectivity index (χ0n) is 17.6. The van der Waals surface area contributed by atoms with Gasteiger partial charge in [0, 0.05) is 28.9 Å². The molecule has 0 unspecified atom stereocenters. The molecule has 1 heterocycles. The maximum absolute atomic E-state index is 13.5. The van der Waals surface area contributed by atoms with Gasteiger partial charge in [-0.1, -0.05) is 55.8 Å². The molecule has 2 aliphatic carbocycles. The minimum absolute atomic E-state index is 0.0468. The summed E-state index contributed by atoms with van der Waals surface area (Å²) in [4.78, 5) is 28.4. The molecule has 1 aliphatic heterocycles. The van der Waals surface area contributed by atoms with Crippen LogP contribution in [0.25, 0.3) is 0 Å². The fourth-order valence-corrected chi connectivity index (χ4v) is 5.56. The van der Waals surface area contributed by atoms with E-state index in [0.29, 0.717) is 23.4 Å². The van der Waals surface area contributed by atoms with E-state index in [1.165, 1.54) is 0 Å². The Bertz CT molecular complexity index is 1180. The lowest BCUT2D eigenvalue weighted by molar-refractivity contribution is -0.124. The smallest absolute Gasteiger partial charge is 0.211 e. The summed E-state index contributed by atoms with van der Waals surface area (Å²) in [5.41, 5.74) is -0.928. The molecule has 2 aromatic carbocycles. The summed E-state index contributed by atoms with van der Waals surface area (Å²) in [7, 11) is 0. The van der Waals surface area contributed by atoms with Crippen LogP contribution in [0.5, 0.6) is 0 Å². The third-order valence-electron chi connectivity index (χ3n) is 6.78. The minimum Gasteiger partial charge on any atom is -0.372 e. The molecule has 0 saturated heterocycles. The number of benzene rings is 2. The van der Waals surface area contributed by atoms with Crippen LogP contribution in [-0.4, -0.2) is 27.4 Å². The van der Waals surface area contributed by atoms with E-state index in [1.807, 2.05) is 45.9 Å². The first-order valence-electron chi connectivity index (χ1n) is 10.3. The Morgan fingerprint density at radius 2 is 1.67 bits per heavy atom. The van der Waals surface area contributed by atoms with Gasteiger partial charge < -0.3 is 15.1 Å². The van der Waals surface area contributed by atoms with E-state index in [0.717, 1.165) is 11.1 Å². The van der Waals surface area contributed by atoms with Crippen molar-refractivity contribution in [2.75, 3.05) is 4.90 Å². The number of Topliss-reactive ketones (excluding diaryl/α,β-unsaturated/α-hetero) is 2. The van der Waals surface area contributed by atoms with E-state index in [9.17, 15) is 19.8 Å². The summed E-state index contributed by atoms with van der Waals surface area (Å²) in [6, 6.07) is 12.5. The summed E-state index contributed by atoms with van der Waals surface area (Å²) in [6.07, 6.45) is 0.691. The van der Waals surface area contributed by atoms with Gasteiger partial charge >= 0.3 is 0 Å². The van der Waals surface area contributed by atoms with Crippen molar-refractivity contribution in [3.05, 3.63) is 76.0 Å². The molecule has 0 aromatic heterocycles. The molecule has 3 aliphatic rings. The largest absolute Gasteiger partial charge is 0.372 e. The van der Waals surface area contributed by atoms with Crippen molar-refractivity contribution in [1.29, 1.82) is 0 Å². The van der Waals surface area contributed by atoms with Crippen LogP contribution < -0.4 is 4.90 Å². The standard InChI is InChI=1S/C25H25NO4/c1-14-9-10-18(15(2)11-14)26-19-12-23(3,4)13-20(27)21(19)24(29)22(28)16-7-5-6-8-17(16)25(24,26)30/h5-11,29-30H,12-13H2,1-4H3/t24-,25+/m0/s1. The summed E-state index contributed by atoms with van der Waals surface area (Å²) in [5.74, 6) is -0.899. The number of carbonyl (C=O) groups excluding carboxylic acids is 2. The summed E-state index contributed by atoms with van der Waals surface area (Å²) < 4.78 is 0. The number of hydrogen-bond donors (Lipinski definition) is 2. The van der Waals surface area contributed by atoms with Gasteiger partial charge in [0.1, 0.15) is 0 Å². The number of aliphatic hydroxyl groups is 2. The first-order chi connectivity index (χ1) is 14.0. The molecule has 2 atom stereocenters. The highest BCUT2D eigenvalue weighted by molar-refractivity contribution is 6.19. The Hall–Kier alpha value is -2.76. The van der Waals surface area contributed by atoms with E-state index in [-0.39, 0.29) is 28.8 Å². The van der Waals surface area contributed by atoms with Gasteiger partial charge in [0.25, 0.3) is 0 Å². The SMILES string of the molecule is Cc1ccc(N2C3=C(C(=O)CC(C)(C)C3)[C@]3(O)C(=O)c4ccccc4[C@]23O)c(C)c1. The number of carbonyl (C=O) groups is 2. The molecule has 5 heteroatoms. The highest BCUT2D eigenvalue weighted by Gasteiger charge is 2.74. The second-order valence-electron chi connectivity index (χ2n) is 9.65. The van der Waals surface area contributed by atoms with Crippen LogP contribution >= 0.6 is 0 Å². The molecule has 0 spiro atoms. The van der Waals surface area contributed by atoms with Crippen molar-refractivity contribution in [2.45, 2.75) is 51.9 Å². The Morgan fingerprint density at radius 1 is 0.967 bits per heavy atom. The van der Waals surface area contributed by atoms with Crippen molar-refractivity contribution in [3.63, 3.8) is 0 Å². The van der Waals surface area contributed by atoms with Crippen LogP contribution in [0.3, 0.4) is 0 Å². The zero-order valence-corrected chi connectivity index (χ0v) is 17.6. The molecular formula is C25H25NO4. The van der Waals surface area contributed by atoms with Crippen molar-refractivity contribution in [1.82, 2.24) is 0 Å². The number of aryl methyl sites for hydroxylation is 2. The maximum atomic E-state index is 13.5. The molecule has 0 bridgehead atoms. The molecule has 2 N–H and O–H groups in total. The number of nitrogens with zero attached hydrogens (tertiary/aromatic N) is 1. The second-order valence-corrected chi connectivity index (χ2v) is 9.65. The Morgan fingerprint density at radius 3 is 2.37 bits per heavy atom. The number of hydrogen-bond acceptors (Lipinski definition) is 5. The van der Waals surface area contributed by atoms with Crippen LogP contribution in [0, 0.1) is 19.3 Å². The van der Waals surface area contributed by atoms with E-state index in [2.05, 4.69) is 0 Å². The van der Waals surface area contributed by atoms with Gasteiger partial charge in [0.2, 0.25) is 17.1 Å². The fraction of sp³-hybridized carbons (Fsp3) is 0.360. The third kappa shape index (κ3) is 2.09. The Labute approximate surface area is 175 Å². The molecule has 0 amide bonds. The van der Waals surface area contributed by atoms with Crippen LogP contribution in [0.1, 0.15) is 53.7 Å². The molecule has 5 rings (SSSR count). The van der Waals surface area contributed by atoms with Gasteiger partial charge in [0.05, 0.1) is 5.57 Å². The van der Waals surface area contributed by atoms with Crippen LogP contribution in [-0.2, 0) is 10.5 Å². The van der Waals surface area contributed by atoms with Crippen molar-refractivity contribution in [2.24, 2.45) is 5.41 Å². The maximum Gasteiger partial charge on any atom is 0.211 e. The van der Waals surface area contributed by atoms with Gasteiger partial charge in [-0.15, -0.1) is 0 Å². The minimum atomic E-state index is -2.32. The fourth-order valence-electron chi connectivity index (χ4n) is 5.56. The van der Waals surface area contributed by atoms with E-state index in [1.54, 1.807) is 29.2 Å². The molecule has 5 nitrogen and oxygen atoms in total. The quantitative estimate of drug-likeness (QED) is 0.762. The van der Waals surface area contributed by atoms with E-state index in [4.69, 9.17) is 0 Å². The van der Waals surface area contributed by atoms with Crippen LogP contribution in [0.2, 0.25) is 0 Å². The highest BCUT2D eigenvalue weighted by atomic mass is 16.4. The third-order valence-corrected chi connectivity index (χ3v) is 6.78. The number of rotatable bonds is 1. The Kier molecular flexibility index (Phi) is 3.64. The topological polar surface area (TPSA) is 77.8 Å². The predicted octanol–water partition coefficient (Wildman–Crippen LogP) is 3.54. The van der Waals surface area contributed by atoms with Crippen molar-refractivity contribution < 1.29 is 19.8 Å². The zero-order chi connectivity index (χ0) is 21.6. The van der Waals surface area contributed by atoms with E-state index < -0.39 is 17.1 Å². The van der Waals surface area contributed by atoms with Crippen LogP contribution in [0.15, 0.2) is 53.7 Å². The van der Waals surface area contributed by atoms with Gasteiger partial charge in [-0.2, -0.15) is 0 Å². The lowest BCUT2D eigenvalue weighted by Crippen LogP contribution is -2.58. The van der Waals surface area contributed by atoms with Gasteiger partial charge in [-0.05, 0) is 37.3 Å².